The maximum atomic E-state index is 11.6. The molecule has 5 heteroatoms. The smallest absolute Gasteiger partial charge is 0.325 e. The molecule has 14 heavy (non-hydrogen) atoms. The van der Waals surface area contributed by atoms with Crippen molar-refractivity contribution in [1.82, 2.24) is 4.90 Å². The third-order valence-corrected chi connectivity index (χ3v) is 2.10. The van der Waals surface area contributed by atoms with Crippen LogP contribution in [0.1, 0.15) is 13.3 Å². The Labute approximate surface area is 84.2 Å². The molecule has 0 rings (SSSR count). The monoisotopic (exact) mass is 202 g/mol. The number of rotatable bonds is 5. The van der Waals surface area contributed by atoms with Crippen molar-refractivity contribution in [3.63, 3.8) is 0 Å². The maximum absolute atomic E-state index is 11.6. The van der Waals surface area contributed by atoms with Gasteiger partial charge >= 0.3 is 5.97 Å². The van der Waals surface area contributed by atoms with E-state index in [-0.39, 0.29) is 18.4 Å². The molecule has 1 amide bonds. The fraction of sp³-hybridized carbons (Fsp3) is 0.778. The van der Waals surface area contributed by atoms with Crippen LogP contribution < -0.4 is 5.73 Å². The SMILES string of the molecule is CCC(CN)C(=O)N(C)CC(=O)OC. The summed E-state index contributed by atoms with van der Waals surface area (Å²) in [7, 11) is 2.86. The molecular formula is C9H18N2O3. The zero-order valence-corrected chi connectivity index (χ0v) is 8.95. The van der Waals surface area contributed by atoms with Gasteiger partial charge in [0.25, 0.3) is 0 Å². The predicted octanol–water partition coefficient (Wildman–Crippen LogP) is -0.397. The second kappa shape index (κ2) is 6.37. The second-order valence-corrected chi connectivity index (χ2v) is 3.11. The van der Waals surface area contributed by atoms with Gasteiger partial charge in [-0.15, -0.1) is 0 Å². The summed E-state index contributed by atoms with van der Waals surface area (Å²) >= 11 is 0. The number of hydrogen-bond acceptors (Lipinski definition) is 4. The third kappa shape index (κ3) is 3.74. The topological polar surface area (TPSA) is 72.6 Å². The number of hydrogen-bond donors (Lipinski definition) is 1. The quantitative estimate of drug-likeness (QED) is 0.616. The number of methoxy groups -OCH3 is 1. The molecule has 0 aliphatic carbocycles. The van der Waals surface area contributed by atoms with Crippen LogP contribution in [0.15, 0.2) is 0 Å². The highest BCUT2D eigenvalue weighted by Crippen LogP contribution is 2.04. The van der Waals surface area contributed by atoms with E-state index in [1.807, 2.05) is 6.92 Å². The fourth-order valence-corrected chi connectivity index (χ4v) is 1.09. The van der Waals surface area contributed by atoms with Crippen molar-refractivity contribution in [3.05, 3.63) is 0 Å². The summed E-state index contributed by atoms with van der Waals surface area (Å²) in [5.41, 5.74) is 5.42. The molecule has 0 saturated carbocycles. The van der Waals surface area contributed by atoms with Crippen LogP contribution in [0.2, 0.25) is 0 Å². The molecule has 82 valence electrons. The van der Waals surface area contributed by atoms with Gasteiger partial charge in [0.1, 0.15) is 6.54 Å². The van der Waals surface area contributed by atoms with Gasteiger partial charge in [0, 0.05) is 13.6 Å². The van der Waals surface area contributed by atoms with Gasteiger partial charge in [0.15, 0.2) is 0 Å². The first kappa shape index (κ1) is 12.9. The molecule has 2 N–H and O–H groups in total. The normalized spacial score (nSPS) is 12.0. The van der Waals surface area contributed by atoms with Crippen LogP contribution in [-0.4, -0.2) is 44.0 Å². The minimum absolute atomic E-state index is 0.0220. The van der Waals surface area contributed by atoms with Gasteiger partial charge in [-0.1, -0.05) is 6.92 Å². The zero-order chi connectivity index (χ0) is 11.1. The molecule has 0 heterocycles. The van der Waals surface area contributed by atoms with Gasteiger partial charge in [0.05, 0.1) is 13.0 Å². The number of amides is 1. The molecule has 0 spiro atoms. The summed E-state index contributed by atoms with van der Waals surface area (Å²) < 4.78 is 4.45. The summed E-state index contributed by atoms with van der Waals surface area (Å²) in [6, 6.07) is 0. The molecule has 0 aromatic carbocycles. The lowest BCUT2D eigenvalue weighted by Crippen LogP contribution is -2.39. The van der Waals surface area contributed by atoms with Crippen LogP contribution in [0.25, 0.3) is 0 Å². The zero-order valence-electron chi connectivity index (χ0n) is 8.95. The highest BCUT2D eigenvalue weighted by molar-refractivity contribution is 5.83. The lowest BCUT2D eigenvalue weighted by Gasteiger charge is -2.20. The molecule has 0 fully saturated rings. The van der Waals surface area contributed by atoms with E-state index in [4.69, 9.17) is 5.73 Å². The van der Waals surface area contributed by atoms with E-state index >= 15 is 0 Å². The van der Waals surface area contributed by atoms with E-state index < -0.39 is 5.97 Å². The van der Waals surface area contributed by atoms with E-state index in [1.165, 1.54) is 12.0 Å². The average molecular weight is 202 g/mol. The summed E-state index contributed by atoms with van der Waals surface area (Å²) in [4.78, 5) is 23.8. The Hall–Kier alpha value is -1.10. The van der Waals surface area contributed by atoms with Crippen LogP contribution in [0.4, 0.5) is 0 Å². The van der Waals surface area contributed by atoms with Gasteiger partial charge in [-0.05, 0) is 6.42 Å². The number of carbonyl (C=O) groups excluding carboxylic acids is 2. The Morgan fingerprint density at radius 2 is 2.07 bits per heavy atom. The minimum Gasteiger partial charge on any atom is -0.468 e. The van der Waals surface area contributed by atoms with Crippen LogP contribution in [0.5, 0.6) is 0 Å². The van der Waals surface area contributed by atoms with Gasteiger partial charge in [0.2, 0.25) is 5.91 Å². The number of nitrogens with two attached hydrogens (primary N) is 1. The van der Waals surface area contributed by atoms with Gasteiger partial charge < -0.3 is 15.4 Å². The van der Waals surface area contributed by atoms with Crippen molar-refractivity contribution in [1.29, 1.82) is 0 Å². The largest absolute Gasteiger partial charge is 0.468 e. The van der Waals surface area contributed by atoms with Crippen LogP contribution >= 0.6 is 0 Å². The molecule has 0 aliphatic rings. The third-order valence-electron chi connectivity index (χ3n) is 2.10. The van der Waals surface area contributed by atoms with Crippen molar-refractivity contribution in [2.75, 3.05) is 27.2 Å². The van der Waals surface area contributed by atoms with E-state index in [9.17, 15) is 9.59 Å². The average Bonchev–Trinajstić information content (AvgIpc) is 2.19. The molecule has 0 aromatic heterocycles. The predicted molar refractivity (Wildman–Crippen MR) is 52.5 cm³/mol. The molecule has 0 radical (unpaired) electrons. The maximum Gasteiger partial charge on any atom is 0.325 e. The number of nitrogens with zero attached hydrogens (tertiary/aromatic N) is 1. The van der Waals surface area contributed by atoms with Crippen LogP contribution in [0.3, 0.4) is 0 Å². The van der Waals surface area contributed by atoms with Crippen molar-refractivity contribution >= 4 is 11.9 Å². The number of esters is 1. The minimum atomic E-state index is -0.423. The lowest BCUT2D eigenvalue weighted by molar-refractivity contribution is -0.147. The fourth-order valence-electron chi connectivity index (χ4n) is 1.09. The molecule has 1 atom stereocenters. The number of carbonyl (C=O) groups is 2. The van der Waals surface area contributed by atoms with E-state index in [0.717, 1.165) is 0 Å². The highest BCUT2D eigenvalue weighted by atomic mass is 16.5. The molecular weight excluding hydrogens is 184 g/mol. The summed E-state index contributed by atoms with van der Waals surface area (Å²) in [6.45, 7) is 2.17. The van der Waals surface area contributed by atoms with Gasteiger partial charge in [-0.2, -0.15) is 0 Å². The molecule has 0 aliphatic heterocycles. The van der Waals surface area contributed by atoms with Crippen molar-refractivity contribution in [2.45, 2.75) is 13.3 Å². The van der Waals surface area contributed by atoms with Gasteiger partial charge in [-0.25, -0.2) is 0 Å². The van der Waals surface area contributed by atoms with Crippen molar-refractivity contribution < 1.29 is 14.3 Å². The summed E-state index contributed by atoms with van der Waals surface area (Å²) in [5, 5.41) is 0. The standard InChI is InChI=1S/C9H18N2O3/c1-4-7(5-10)9(13)11(2)6-8(12)14-3/h7H,4-6,10H2,1-3H3. The van der Waals surface area contributed by atoms with Crippen molar-refractivity contribution in [3.8, 4) is 0 Å². The first-order valence-electron chi connectivity index (χ1n) is 4.58. The van der Waals surface area contributed by atoms with Gasteiger partial charge in [-0.3, -0.25) is 9.59 Å². The Kier molecular flexibility index (Phi) is 5.87. The number of likely N-dealkylation sites (N-methyl/N-ethyl adjacent to an activating group) is 1. The van der Waals surface area contributed by atoms with Crippen LogP contribution in [-0.2, 0) is 14.3 Å². The Morgan fingerprint density at radius 3 is 2.43 bits per heavy atom. The Morgan fingerprint density at radius 1 is 1.50 bits per heavy atom. The summed E-state index contributed by atoms with van der Waals surface area (Å²) in [6.07, 6.45) is 0.681. The molecule has 0 bridgehead atoms. The first-order valence-corrected chi connectivity index (χ1v) is 4.58. The Balaban J connectivity index is 4.16. The Bertz CT molecular complexity index is 202. The van der Waals surface area contributed by atoms with Crippen LogP contribution in [0, 0.1) is 5.92 Å². The number of ether oxygens (including phenoxy) is 1. The summed E-state index contributed by atoms with van der Waals surface area (Å²) in [5.74, 6) is -0.738. The van der Waals surface area contributed by atoms with E-state index in [1.54, 1.807) is 7.05 Å². The highest BCUT2D eigenvalue weighted by Gasteiger charge is 2.20. The van der Waals surface area contributed by atoms with E-state index in [0.29, 0.717) is 13.0 Å². The van der Waals surface area contributed by atoms with E-state index in [2.05, 4.69) is 4.74 Å². The molecule has 0 saturated heterocycles. The van der Waals surface area contributed by atoms with Crippen molar-refractivity contribution in [2.24, 2.45) is 11.7 Å². The molecule has 1 unspecified atom stereocenters. The lowest BCUT2D eigenvalue weighted by atomic mass is 10.1. The first-order chi connectivity index (χ1) is 6.56. The second-order valence-electron chi connectivity index (χ2n) is 3.11. The molecule has 5 nitrogen and oxygen atoms in total. The molecule has 0 aromatic rings.